The summed E-state index contributed by atoms with van der Waals surface area (Å²) in [5.41, 5.74) is 1.09. The van der Waals surface area contributed by atoms with Gasteiger partial charge in [-0.1, -0.05) is 50.2 Å². The highest BCUT2D eigenvalue weighted by atomic mass is 16.6. The van der Waals surface area contributed by atoms with Crippen molar-refractivity contribution in [2.75, 3.05) is 39.3 Å². The van der Waals surface area contributed by atoms with Crippen LogP contribution in [0.4, 0.5) is 4.79 Å². The van der Waals surface area contributed by atoms with Crippen molar-refractivity contribution >= 4 is 22.8 Å². The maximum absolute atomic E-state index is 12.6. The Kier molecular flexibility index (Phi) is 7.69. The van der Waals surface area contributed by atoms with Gasteiger partial charge < -0.3 is 15.0 Å². The summed E-state index contributed by atoms with van der Waals surface area (Å²) in [5.74, 6) is 0.331. The molecule has 6 heteroatoms. The summed E-state index contributed by atoms with van der Waals surface area (Å²) in [6, 6.07) is 14.5. The van der Waals surface area contributed by atoms with E-state index in [0.717, 1.165) is 18.5 Å². The highest BCUT2D eigenvalue weighted by Gasteiger charge is 2.22. The second kappa shape index (κ2) is 10.4. The first-order valence-electron chi connectivity index (χ1n) is 10.8. The molecule has 2 aromatic rings. The number of amides is 2. The van der Waals surface area contributed by atoms with Crippen LogP contribution in [0.5, 0.6) is 0 Å². The summed E-state index contributed by atoms with van der Waals surface area (Å²) in [7, 11) is 0. The molecule has 2 aromatic carbocycles. The molecule has 1 unspecified atom stereocenters. The van der Waals surface area contributed by atoms with Crippen LogP contribution >= 0.6 is 0 Å². The fraction of sp³-hybridized carbons (Fsp3) is 0.500. The highest BCUT2D eigenvalue weighted by molar-refractivity contribution is 5.83. The molecule has 1 aliphatic rings. The molecule has 0 saturated carbocycles. The van der Waals surface area contributed by atoms with Crippen LogP contribution in [-0.4, -0.2) is 61.1 Å². The number of ether oxygens (including phenoxy) is 1. The van der Waals surface area contributed by atoms with Crippen molar-refractivity contribution in [3.05, 3.63) is 48.0 Å². The van der Waals surface area contributed by atoms with Crippen LogP contribution in [0.3, 0.4) is 0 Å². The van der Waals surface area contributed by atoms with E-state index in [0.29, 0.717) is 38.7 Å². The normalized spacial score (nSPS) is 16.3. The van der Waals surface area contributed by atoms with Crippen LogP contribution in [0.25, 0.3) is 10.8 Å². The van der Waals surface area contributed by atoms with E-state index in [-0.39, 0.29) is 18.0 Å². The lowest BCUT2D eigenvalue weighted by Crippen LogP contribution is -2.40. The van der Waals surface area contributed by atoms with Crippen LogP contribution in [-0.2, 0) is 9.53 Å². The van der Waals surface area contributed by atoms with E-state index in [4.69, 9.17) is 4.74 Å². The molecule has 1 N–H and O–H groups in total. The molecule has 0 bridgehead atoms. The fourth-order valence-corrected chi connectivity index (χ4v) is 3.69. The number of hydrogen-bond donors (Lipinski definition) is 1. The Hall–Kier alpha value is -2.60. The zero-order valence-corrected chi connectivity index (χ0v) is 18.3. The third-order valence-corrected chi connectivity index (χ3v) is 5.41. The quantitative estimate of drug-likeness (QED) is 0.785. The van der Waals surface area contributed by atoms with Crippen molar-refractivity contribution in [1.82, 2.24) is 15.1 Å². The Morgan fingerprint density at radius 1 is 1.00 bits per heavy atom. The second-order valence-electron chi connectivity index (χ2n) is 8.48. The molecule has 3 rings (SSSR count). The first kappa shape index (κ1) is 22.1. The van der Waals surface area contributed by atoms with Gasteiger partial charge in [0.1, 0.15) is 0 Å². The molecule has 0 radical (unpaired) electrons. The number of carbonyl (C=O) groups is 2. The van der Waals surface area contributed by atoms with Gasteiger partial charge in [0, 0.05) is 26.2 Å². The van der Waals surface area contributed by atoms with E-state index in [1.165, 1.54) is 10.8 Å². The Labute approximate surface area is 179 Å². The maximum Gasteiger partial charge on any atom is 0.409 e. The molecule has 1 atom stereocenters. The number of carbonyl (C=O) groups excluding carboxylic acids is 2. The Morgan fingerprint density at radius 3 is 2.53 bits per heavy atom. The third kappa shape index (κ3) is 6.20. The molecule has 1 saturated heterocycles. The van der Waals surface area contributed by atoms with E-state index >= 15 is 0 Å². The lowest BCUT2D eigenvalue weighted by atomic mass is 10.0. The summed E-state index contributed by atoms with van der Waals surface area (Å²) in [4.78, 5) is 28.6. The molecule has 6 nitrogen and oxygen atoms in total. The van der Waals surface area contributed by atoms with Crippen molar-refractivity contribution in [2.24, 2.45) is 5.92 Å². The van der Waals surface area contributed by atoms with E-state index in [1.807, 2.05) is 32.9 Å². The Morgan fingerprint density at radius 2 is 1.77 bits per heavy atom. The van der Waals surface area contributed by atoms with E-state index < -0.39 is 0 Å². The summed E-state index contributed by atoms with van der Waals surface area (Å²) in [6.07, 6.45) is 0.588. The molecule has 0 aliphatic carbocycles. The predicted octanol–water partition coefficient (Wildman–Crippen LogP) is 3.82. The molecular weight excluding hydrogens is 378 g/mol. The Bertz CT molecular complexity index is 868. The lowest BCUT2D eigenvalue weighted by Gasteiger charge is -2.22. The van der Waals surface area contributed by atoms with Gasteiger partial charge in [-0.25, -0.2) is 4.79 Å². The SMILES string of the molecule is CC(C)COC(=O)N1CCCN(CC(=O)NC(C)c2ccc3ccccc3c2)CC1. The van der Waals surface area contributed by atoms with Crippen LogP contribution < -0.4 is 5.32 Å². The fourth-order valence-electron chi connectivity index (χ4n) is 3.69. The minimum absolute atomic E-state index is 0.00601. The minimum atomic E-state index is -0.250. The number of hydrogen-bond acceptors (Lipinski definition) is 4. The molecule has 2 amide bonds. The van der Waals surface area contributed by atoms with Gasteiger partial charge in [-0.15, -0.1) is 0 Å². The zero-order chi connectivity index (χ0) is 21.5. The number of nitrogens with zero attached hydrogens (tertiary/aromatic N) is 2. The monoisotopic (exact) mass is 411 g/mol. The van der Waals surface area contributed by atoms with Crippen molar-refractivity contribution in [1.29, 1.82) is 0 Å². The summed E-state index contributed by atoms with van der Waals surface area (Å²) < 4.78 is 5.34. The van der Waals surface area contributed by atoms with Gasteiger partial charge in [0.15, 0.2) is 0 Å². The van der Waals surface area contributed by atoms with E-state index in [9.17, 15) is 9.59 Å². The van der Waals surface area contributed by atoms with Crippen LogP contribution in [0.1, 0.15) is 38.8 Å². The number of benzene rings is 2. The third-order valence-electron chi connectivity index (χ3n) is 5.41. The molecule has 0 spiro atoms. The minimum Gasteiger partial charge on any atom is -0.449 e. The highest BCUT2D eigenvalue weighted by Crippen LogP contribution is 2.20. The average Bonchev–Trinajstić information content (AvgIpc) is 2.97. The molecule has 0 aromatic heterocycles. The van der Waals surface area contributed by atoms with Gasteiger partial charge in [-0.3, -0.25) is 9.69 Å². The van der Waals surface area contributed by atoms with Crippen LogP contribution in [0.2, 0.25) is 0 Å². The van der Waals surface area contributed by atoms with Crippen molar-refractivity contribution in [3.8, 4) is 0 Å². The smallest absolute Gasteiger partial charge is 0.409 e. The number of nitrogens with one attached hydrogen (secondary N) is 1. The van der Waals surface area contributed by atoms with Gasteiger partial charge >= 0.3 is 6.09 Å². The predicted molar refractivity (Wildman–Crippen MR) is 119 cm³/mol. The van der Waals surface area contributed by atoms with Crippen molar-refractivity contribution in [3.63, 3.8) is 0 Å². The largest absolute Gasteiger partial charge is 0.449 e. The van der Waals surface area contributed by atoms with Crippen LogP contribution in [0, 0.1) is 5.92 Å². The van der Waals surface area contributed by atoms with E-state index in [2.05, 4.69) is 40.5 Å². The summed E-state index contributed by atoms with van der Waals surface area (Å²) >= 11 is 0. The zero-order valence-electron chi connectivity index (χ0n) is 18.3. The topological polar surface area (TPSA) is 61.9 Å². The summed E-state index contributed by atoms with van der Waals surface area (Å²) in [5, 5.41) is 5.48. The lowest BCUT2D eigenvalue weighted by molar-refractivity contribution is -0.122. The molecule has 162 valence electrons. The van der Waals surface area contributed by atoms with Crippen LogP contribution in [0.15, 0.2) is 42.5 Å². The van der Waals surface area contributed by atoms with Gasteiger partial charge in [-0.2, -0.15) is 0 Å². The molecular formula is C24H33N3O3. The molecule has 30 heavy (non-hydrogen) atoms. The van der Waals surface area contributed by atoms with Gasteiger partial charge in [0.05, 0.1) is 19.2 Å². The standard InChI is InChI=1S/C24H33N3O3/c1-18(2)17-30-24(29)27-12-6-11-26(13-14-27)16-23(28)25-19(3)21-10-9-20-7-4-5-8-22(20)15-21/h4-5,7-10,15,18-19H,6,11-14,16-17H2,1-3H3,(H,25,28). The maximum atomic E-state index is 12.6. The first-order chi connectivity index (χ1) is 14.4. The molecule has 1 aliphatic heterocycles. The van der Waals surface area contributed by atoms with Crippen molar-refractivity contribution < 1.29 is 14.3 Å². The van der Waals surface area contributed by atoms with Gasteiger partial charge in [0.2, 0.25) is 5.91 Å². The second-order valence-corrected chi connectivity index (χ2v) is 8.48. The molecule has 1 fully saturated rings. The van der Waals surface area contributed by atoms with Crippen molar-refractivity contribution in [2.45, 2.75) is 33.2 Å². The van der Waals surface area contributed by atoms with Gasteiger partial charge in [0.25, 0.3) is 0 Å². The summed E-state index contributed by atoms with van der Waals surface area (Å²) in [6.45, 7) is 9.56. The Balaban J connectivity index is 1.48. The number of fused-ring (bicyclic) bond motifs is 1. The first-order valence-corrected chi connectivity index (χ1v) is 10.8. The van der Waals surface area contributed by atoms with E-state index in [1.54, 1.807) is 4.90 Å². The number of rotatable bonds is 6. The van der Waals surface area contributed by atoms with Gasteiger partial charge in [-0.05, 0) is 41.7 Å². The average molecular weight is 412 g/mol. The molecule has 1 heterocycles.